The molecule has 64 valence electrons. The SMILES string of the molecule is C=C(C(=O)OSCC)C(C)C. The normalized spacial score (nSPS) is 9.82. The Morgan fingerprint density at radius 2 is 2.18 bits per heavy atom. The zero-order chi connectivity index (χ0) is 8.85. The highest BCUT2D eigenvalue weighted by Gasteiger charge is 2.11. The first-order valence-electron chi connectivity index (χ1n) is 3.62. The van der Waals surface area contributed by atoms with Gasteiger partial charge in [0.05, 0.1) is 12.0 Å². The summed E-state index contributed by atoms with van der Waals surface area (Å²) in [7, 11) is 0. The Morgan fingerprint density at radius 1 is 1.64 bits per heavy atom. The fourth-order valence-electron chi connectivity index (χ4n) is 0.402. The van der Waals surface area contributed by atoms with Gasteiger partial charge in [0.15, 0.2) is 0 Å². The molecule has 0 aliphatic heterocycles. The van der Waals surface area contributed by atoms with Crippen molar-refractivity contribution in [2.75, 3.05) is 5.75 Å². The quantitative estimate of drug-likeness (QED) is 0.483. The maximum atomic E-state index is 11.0. The minimum Gasteiger partial charge on any atom is -0.388 e. The van der Waals surface area contributed by atoms with E-state index in [4.69, 9.17) is 4.18 Å². The minimum atomic E-state index is -0.299. The molecule has 0 spiro atoms. The predicted molar refractivity (Wildman–Crippen MR) is 48.2 cm³/mol. The Hall–Kier alpha value is -0.440. The van der Waals surface area contributed by atoms with Gasteiger partial charge in [0.1, 0.15) is 0 Å². The van der Waals surface area contributed by atoms with Crippen molar-refractivity contribution in [3.8, 4) is 0 Å². The average Bonchev–Trinajstić information content (AvgIpc) is 1.98. The van der Waals surface area contributed by atoms with Crippen molar-refractivity contribution in [1.82, 2.24) is 0 Å². The summed E-state index contributed by atoms with van der Waals surface area (Å²) in [5.74, 6) is 0.642. The molecule has 3 heteroatoms. The molecule has 0 bridgehead atoms. The molecule has 0 aliphatic rings. The molecular weight excluding hydrogens is 160 g/mol. The third-order valence-electron chi connectivity index (χ3n) is 1.21. The van der Waals surface area contributed by atoms with E-state index in [0.717, 1.165) is 17.8 Å². The van der Waals surface area contributed by atoms with E-state index in [1.54, 1.807) is 0 Å². The molecule has 0 atom stereocenters. The van der Waals surface area contributed by atoms with Crippen molar-refractivity contribution in [2.24, 2.45) is 5.92 Å². The molecule has 0 aromatic carbocycles. The first-order chi connectivity index (χ1) is 5.09. The van der Waals surface area contributed by atoms with Crippen LogP contribution >= 0.6 is 12.0 Å². The number of carbonyl (C=O) groups excluding carboxylic acids is 1. The van der Waals surface area contributed by atoms with Crippen LogP contribution in [0.1, 0.15) is 20.8 Å². The van der Waals surface area contributed by atoms with E-state index < -0.39 is 0 Å². The van der Waals surface area contributed by atoms with E-state index in [-0.39, 0.29) is 11.9 Å². The zero-order valence-corrected chi connectivity index (χ0v) is 8.03. The van der Waals surface area contributed by atoms with Crippen molar-refractivity contribution in [1.29, 1.82) is 0 Å². The van der Waals surface area contributed by atoms with Gasteiger partial charge in [0.2, 0.25) is 0 Å². The van der Waals surface area contributed by atoms with E-state index in [9.17, 15) is 4.79 Å². The lowest BCUT2D eigenvalue weighted by molar-refractivity contribution is -0.129. The molecule has 0 amide bonds. The predicted octanol–water partition coefficient (Wildman–Crippen LogP) is 2.41. The van der Waals surface area contributed by atoms with Crippen LogP contribution in [0, 0.1) is 5.92 Å². The molecule has 2 nitrogen and oxygen atoms in total. The topological polar surface area (TPSA) is 26.3 Å². The molecule has 0 aromatic rings. The Balaban J connectivity index is 3.75. The highest BCUT2D eigenvalue weighted by atomic mass is 32.2. The van der Waals surface area contributed by atoms with Crippen LogP contribution in [-0.4, -0.2) is 11.7 Å². The van der Waals surface area contributed by atoms with Crippen LogP contribution in [0.25, 0.3) is 0 Å². The molecule has 0 aromatic heterocycles. The molecule has 0 radical (unpaired) electrons. The highest BCUT2D eigenvalue weighted by Crippen LogP contribution is 2.12. The highest BCUT2D eigenvalue weighted by molar-refractivity contribution is 7.95. The van der Waals surface area contributed by atoms with Crippen molar-refractivity contribution in [3.05, 3.63) is 12.2 Å². The molecule has 0 unspecified atom stereocenters. The van der Waals surface area contributed by atoms with E-state index in [2.05, 4.69) is 6.58 Å². The Kier molecular flexibility index (Phi) is 5.03. The zero-order valence-electron chi connectivity index (χ0n) is 7.22. The van der Waals surface area contributed by atoms with E-state index >= 15 is 0 Å². The van der Waals surface area contributed by atoms with E-state index in [0.29, 0.717) is 5.57 Å². The molecule has 0 saturated carbocycles. The maximum absolute atomic E-state index is 11.0. The number of hydrogen-bond donors (Lipinski definition) is 0. The summed E-state index contributed by atoms with van der Waals surface area (Å²) >= 11 is 1.15. The molecule has 0 heterocycles. The third-order valence-corrected chi connectivity index (χ3v) is 1.72. The summed E-state index contributed by atoms with van der Waals surface area (Å²) in [6, 6.07) is 0. The van der Waals surface area contributed by atoms with Crippen LogP contribution in [-0.2, 0) is 8.98 Å². The first-order valence-corrected chi connectivity index (χ1v) is 4.53. The fraction of sp³-hybridized carbons (Fsp3) is 0.625. The van der Waals surface area contributed by atoms with Crippen LogP contribution in [0.5, 0.6) is 0 Å². The van der Waals surface area contributed by atoms with Crippen LogP contribution in [0.2, 0.25) is 0 Å². The third kappa shape index (κ3) is 4.09. The molecule has 0 fully saturated rings. The average molecular weight is 174 g/mol. The second kappa shape index (κ2) is 5.24. The molecule has 0 N–H and O–H groups in total. The molecule has 0 saturated heterocycles. The molecule has 11 heavy (non-hydrogen) atoms. The Morgan fingerprint density at radius 3 is 2.55 bits per heavy atom. The minimum absolute atomic E-state index is 0.167. The van der Waals surface area contributed by atoms with Gasteiger partial charge in [-0.1, -0.05) is 27.4 Å². The monoisotopic (exact) mass is 174 g/mol. The molecule has 0 aliphatic carbocycles. The van der Waals surface area contributed by atoms with Crippen LogP contribution in [0.4, 0.5) is 0 Å². The van der Waals surface area contributed by atoms with Gasteiger partial charge in [-0.25, -0.2) is 4.79 Å². The van der Waals surface area contributed by atoms with E-state index in [1.165, 1.54) is 0 Å². The van der Waals surface area contributed by atoms with Gasteiger partial charge in [0, 0.05) is 11.3 Å². The van der Waals surface area contributed by atoms with Crippen molar-refractivity contribution in [2.45, 2.75) is 20.8 Å². The van der Waals surface area contributed by atoms with Gasteiger partial charge in [-0.05, 0) is 5.92 Å². The smallest absolute Gasteiger partial charge is 0.345 e. The second-order valence-corrected chi connectivity index (χ2v) is 3.44. The summed E-state index contributed by atoms with van der Waals surface area (Å²) in [6.45, 7) is 9.38. The van der Waals surface area contributed by atoms with Gasteiger partial charge in [-0.3, -0.25) is 0 Å². The second-order valence-electron chi connectivity index (χ2n) is 2.46. The fourth-order valence-corrected chi connectivity index (χ4v) is 0.734. The Labute approximate surface area is 72.2 Å². The van der Waals surface area contributed by atoms with Gasteiger partial charge < -0.3 is 4.18 Å². The van der Waals surface area contributed by atoms with Crippen LogP contribution in [0.15, 0.2) is 12.2 Å². The van der Waals surface area contributed by atoms with E-state index in [1.807, 2.05) is 20.8 Å². The van der Waals surface area contributed by atoms with Crippen molar-refractivity contribution >= 4 is 18.0 Å². The van der Waals surface area contributed by atoms with Gasteiger partial charge in [-0.15, -0.1) is 0 Å². The van der Waals surface area contributed by atoms with Gasteiger partial charge in [-0.2, -0.15) is 0 Å². The summed E-state index contributed by atoms with van der Waals surface area (Å²) in [6.07, 6.45) is 0. The van der Waals surface area contributed by atoms with Gasteiger partial charge in [0.25, 0.3) is 0 Å². The lowest BCUT2D eigenvalue weighted by Gasteiger charge is -2.06. The lowest BCUT2D eigenvalue weighted by atomic mass is 10.1. The van der Waals surface area contributed by atoms with Crippen molar-refractivity contribution < 1.29 is 8.98 Å². The summed E-state index contributed by atoms with van der Waals surface area (Å²) in [5, 5.41) is 0. The molecule has 0 rings (SSSR count). The number of carbonyl (C=O) groups is 1. The standard InChI is InChI=1S/C8H14O2S/c1-5-11-10-8(9)7(4)6(2)3/h6H,4-5H2,1-3H3. The first kappa shape index (κ1) is 10.6. The largest absolute Gasteiger partial charge is 0.388 e. The molecular formula is C8H14O2S. The number of rotatable bonds is 4. The number of hydrogen-bond acceptors (Lipinski definition) is 3. The Bertz CT molecular complexity index is 152. The van der Waals surface area contributed by atoms with Crippen molar-refractivity contribution in [3.63, 3.8) is 0 Å². The summed E-state index contributed by atoms with van der Waals surface area (Å²) in [5.41, 5.74) is 0.533. The van der Waals surface area contributed by atoms with Crippen LogP contribution < -0.4 is 0 Å². The maximum Gasteiger partial charge on any atom is 0.345 e. The van der Waals surface area contributed by atoms with Crippen LogP contribution in [0.3, 0.4) is 0 Å². The summed E-state index contributed by atoms with van der Waals surface area (Å²) in [4.78, 5) is 11.0. The van der Waals surface area contributed by atoms with Gasteiger partial charge >= 0.3 is 5.97 Å². The lowest BCUT2D eigenvalue weighted by Crippen LogP contribution is -2.07. The summed E-state index contributed by atoms with van der Waals surface area (Å²) < 4.78 is 4.79.